The van der Waals surface area contributed by atoms with Gasteiger partial charge in [0, 0.05) is 11.1 Å². The number of thiophene rings is 1. The zero-order chi connectivity index (χ0) is 14.0. The molecule has 2 aromatic rings. The normalized spacial score (nSPS) is 13.3. The van der Waals surface area contributed by atoms with Gasteiger partial charge in [0.05, 0.1) is 6.04 Å². The lowest BCUT2D eigenvalue weighted by molar-refractivity contribution is 0.0691. The van der Waals surface area contributed by atoms with Gasteiger partial charge in [-0.15, -0.1) is 11.3 Å². The second kappa shape index (κ2) is 5.16. The summed E-state index contributed by atoms with van der Waals surface area (Å²) in [5, 5.41) is 10.6. The summed E-state index contributed by atoms with van der Waals surface area (Å²) in [7, 11) is -3.74. The summed E-state index contributed by atoms with van der Waals surface area (Å²) >= 11 is 1.45. The number of hydrogen-bond acceptors (Lipinski definition) is 4. The van der Waals surface area contributed by atoms with Gasteiger partial charge in [-0.3, -0.25) is 0 Å². The Labute approximate surface area is 114 Å². The molecule has 0 fully saturated rings. The fourth-order valence-corrected chi connectivity index (χ4v) is 3.57. The number of aromatic nitrogens is 1. The molecule has 3 N–H and O–H groups in total. The Morgan fingerprint density at radius 2 is 2.26 bits per heavy atom. The monoisotopic (exact) mass is 300 g/mol. The lowest BCUT2D eigenvalue weighted by atomic mass is 10.3. The zero-order valence-corrected chi connectivity index (χ0v) is 11.6. The zero-order valence-electron chi connectivity index (χ0n) is 9.95. The summed E-state index contributed by atoms with van der Waals surface area (Å²) < 4.78 is 26.6. The maximum absolute atomic E-state index is 12.1. The van der Waals surface area contributed by atoms with E-state index < -0.39 is 16.0 Å². The summed E-state index contributed by atoms with van der Waals surface area (Å²) in [6.45, 7) is 1.73. The molecule has 2 aromatic heterocycles. The van der Waals surface area contributed by atoms with E-state index in [0.717, 1.165) is 17.1 Å². The van der Waals surface area contributed by atoms with Crippen molar-refractivity contribution in [1.82, 2.24) is 9.71 Å². The number of aromatic carboxylic acids is 1. The van der Waals surface area contributed by atoms with Gasteiger partial charge in [0.15, 0.2) is 0 Å². The Hall–Kier alpha value is -1.64. The Bertz CT molecular complexity index is 673. The van der Waals surface area contributed by atoms with Crippen LogP contribution < -0.4 is 4.72 Å². The molecule has 1 atom stereocenters. The highest BCUT2D eigenvalue weighted by Gasteiger charge is 2.21. The van der Waals surface area contributed by atoms with Crippen LogP contribution in [0.15, 0.2) is 34.7 Å². The minimum absolute atomic E-state index is 0.0895. The molecule has 0 amide bonds. The molecule has 8 heteroatoms. The molecular formula is C11H12N2O4S2. The third kappa shape index (κ3) is 3.03. The van der Waals surface area contributed by atoms with Gasteiger partial charge in [0.1, 0.15) is 10.6 Å². The van der Waals surface area contributed by atoms with Crippen LogP contribution in [-0.2, 0) is 10.0 Å². The van der Waals surface area contributed by atoms with Crippen LogP contribution in [-0.4, -0.2) is 24.5 Å². The van der Waals surface area contributed by atoms with Crippen molar-refractivity contribution in [3.63, 3.8) is 0 Å². The number of sulfonamides is 1. The first-order chi connectivity index (χ1) is 8.90. The highest BCUT2D eigenvalue weighted by Crippen LogP contribution is 2.21. The molecule has 6 nitrogen and oxygen atoms in total. The van der Waals surface area contributed by atoms with Gasteiger partial charge in [-0.2, -0.15) is 0 Å². The second-order valence-electron chi connectivity index (χ2n) is 3.91. The molecule has 1 unspecified atom stereocenters. The molecule has 0 saturated heterocycles. The van der Waals surface area contributed by atoms with E-state index >= 15 is 0 Å². The van der Waals surface area contributed by atoms with Gasteiger partial charge in [0.2, 0.25) is 10.0 Å². The van der Waals surface area contributed by atoms with E-state index in [1.165, 1.54) is 11.3 Å². The number of carbonyl (C=O) groups is 1. The van der Waals surface area contributed by atoms with E-state index in [1.54, 1.807) is 6.92 Å². The fraction of sp³-hybridized carbons (Fsp3) is 0.182. The van der Waals surface area contributed by atoms with Crippen LogP contribution in [0.2, 0.25) is 0 Å². The summed E-state index contributed by atoms with van der Waals surface area (Å²) in [6, 6.07) is 4.39. The molecule has 0 bridgehead atoms. The molecule has 0 radical (unpaired) electrons. The maximum Gasteiger partial charge on any atom is 0.352 e. The van der Waals surface area contributed by atoms with Gasteiger partial charge in [-0.05, 0) is 24.4 Å². The predicted molar refractivity (Wildman–Crippen MR) is 70.8 cm³/mol. The highest BCUT2D eigenvalue weighted by molar-refractivity contribution is 7.89. The molecule has 2 heterocycles. The lowest BCUT2D eigenvalue weighted by Crippen LogP contribution is -2.26. The first-order valence-corrected chi connectivity index (χ1v) is 7.74. The Kier molecular flexibility index (Phi) is 3.74. The molecule has 0 spiro atoms. The largest absolute Gasteiger partial charge is 0.477 e. The second-order valence-corrected chi connectivity index (χ2v) is 6.61. The van der Waals surface area contributed by atoms with Gasteiger partial charge < -0.3 is 10.1 Å². The van der Waals surface area contributed by atoms with Crippen LogP contribution in [0.5, 0.6) is 0 Å². The molecule has 0 saturated carbocycles. The average molecular weight is 300 g/mol. The standard InChI is InChI=1S/C11H12N2O4S2/c1-7(10-3-2-4-18-10)13-19(16,17)8-5-9(11(14)15)12-6-8/h2-7,12-13H,1H3,(H,14,15). The van der Waals surface area contributed by atoms with Crippen molar-refractivity contribution in [3.05, 3.63) is 40.3 Å². The van der Waals surface area contributed by atoms with Crippen LogP contribution in [0, 0.1) is 0 Å². The van der Waals surface area contributed by atoms with E-state index in [-0.39, 0.29) is 16.6 Å². The van der Waals surface area contributed by atoms with E-state index in [9.17, 15) is 13.2 Å². The quantitative estimate of drug-likeness (QED) is 0.784. The summed E-state index contributed by atoms with van der Waals surface area (Å²) in [5.74, 6) is -1.20. The van der Waals surface area contributed by atoms with Gasteiger partial charge in [0.25, 0.3) is 0 Å². The van der Waals surface area contributed by atoms with Crippen LogP contribution in [0.25, 0.3) is 0 Å². The van der Waals surface area contributed by atoms with Crippen molar-refractivity contribution >= 4 is 27.3 Å². The van der Waals surface area contributed by atoms with E-state index in [4.69, 9.17) is 5.11 Å². The predicted octanol–water partition coefficient (Wildman–Crippen LogP) is 1.81. The van der Waals surface area contributed by atoms with Crippen LogP contribution in [0.4, 0.5) is 0 Å². The average Bonchev–Trinajstić information content (AvgIpc) is 3.00. The Balaban J connectivity index is 2.20. The number of carboxylic acid groups (broad SMARTS) is 1. The van der Waals surface area contributed by atoms with Crippen molar-refractivity contribution in [2.24, 2.45) is 0 Å². The summed E-state index contributed by atoms with van der Waals surface area (Å²) in [5.41, 5.74) is -0.163. The molecule has 0 aliphatic carbocycles. The first kappa shape index (κ1) is 13.8. The van der Waals surface area contributed by atoms with Gasteiger partial charge in [-0.1, -0.05) is 6.07 Å². The summed E-state index contributed by atoms with van der Waals surface area (Å²) in [6.07, 6.45) is 1.16. The minimum atomic E-state index is -3.74. The number of aromatic amines is 1. The molecule has 0 aliphatic heterocycles. The third-order valence-corrected chi connectivity index (χ3v) is 5.07. The van der Waals surface area contributed by atoms with E-state index in [2.05, 4.69) is 9.71 Å². The van der Waals surface area contributed by atoms with Crippen LogP contribution >= 0.6 is 11.3 Å². The van der Waals surface area contributed by atoms with Crippen LogP contribution in [0.1, 0.15) is 28.3 Å². The molecule has 19 heavy (non-hydrogen) atoms. The number of H-pyrrole nitrogens is 1. The van der Waals surface area contributed by atoms with Crippen molar-refractivity contribution in [1.29, 1.82) is 0 Å². The van der Waals surface area contributed by atoms with Gasteiger partial charge >= 0.3 is 5.97 Å². The number of carboxylic acids is 1. The maximum atomic E-state index is 12.1. The third-order valence-electron chi connectivity index (χ3n) is 2.50. The van der Waals surface area contributed by atoms with Crippen molar-refractivity contribution in [2.45, 2.75) is 17.9 Å². The molecule has 102 valence electrons. The lowest BCUT2D eigenvalue weighted by Gasteiger charge is -2.11. The molecular weight excluding hydrogens is 288 g/mol. The first-order valence-electron chi connectivity index (χ1n) is 5.37. The highest BCUT2D eigenvalue weighted by atomic mass is 32.2. The Morgan fingerprint density at radius 3 is 2.79 bits per heavy atom. The SMILES string of the molecule is CC(NS(=O)(=O)c1c[nH]c(C(=O)O)c1)c1cccs1. The van der Waals surface area contributed by atoms with Crippen LogP contribution in [0.3, 0.4) is 0 Å². The molecule has 0 aromatic carbocycles. The summed E-state index contributed by atoms with van der Waals surface area (Å²) in [4.78, 5) is 13.9. The number of nitrogens with one attached hydrogen (secondary N) is 2. The molecule has 0 aliphatic rings. The Morgan fingerprint density at radius 1 is 1.53 bits per heavy atom. The topological polar surface area (TPSA) is 99.3 Å². The smallest absolute Gasteiger partial charge is 0.352 e. The fourth-order valence-electron chi connectivity index (χ4n) is 1.55. The molecule has 2 rings (SSSR count). The van der Waals surface area contributed by atoms with Crippen molar-refractivity contribution in [2.75, 3.05) is 0 Å². The van der Waals surface area contributed by atoms with Crippen molar-refractivity contribution < 1.29 is 18.3 Å². The minimum Gasteiger partial charge on any atom is -0.477 e. The van der Waals surface area contributed by atoms with E-state index in [1.807, 2.05) is 17.5 Å². The van der Waals surface area contributed by atoms with Crippen molar-refractivity contribution in [3.8, 4) is 0 Å². The number of hydrogen-bond donors (Lipinski definition) is 3. The van der Waals surface area contributed by atoms with Gasteiger partial charge in [-0.25, -0.2) is 17.9 Å². The number of rotatable bonds is 5. The van der Waals surface area contributed by atoms with E-state index in [0.29, 0.717) is 0 Å².